The van der Waals surface area contributed by atoms with E-state index in [9.17, 15) is 5.11 Å². The minimum atomic E-state index is 0.239. The Balaban J connectivity index is 2.05. The number of para-hydroxylation sites is 1. The summed E-state index contributed by atoms with van der Waals surface area (Å²) >= 11 is 0. The van der Waals surface area contributed by atoms with Crippen LogP contribution in [0, 0.1) is 0 Å². The Labute approximate surface area is 121 Å². The molecule has 4 rings (SSSR count). The van der Waals surface area contributed by atoms with Crippen LogP contribution in [-0.2, 0) is 0 Å². The molecule has 0 aliphatic heterocycles. The lowest BCUT2D eigenvalue weighted by Crippen LogP contribution is -1.88. The number of aromatic nitrogens is 2. The maximum Gasteiger partial charge on any atom is 0.124 e. The Bertz CT molecular complexity index is 963. The van der Waals surface area contributed by atoms with E-state index in [0.717, 1.165) is 33.1 Å². The molecule has 21 heavy (non-hydrogen) atoms. The highest BCUT2D eigenvalue weighted by Crippen LogP contribution is 2.30. The third-order valence-corrected chi connectivity index (χ3v) is 3.62. The zero-order chi connectivity index (χ0) is 14.2. The molecule has 2 heterocycles. The maximum atomic E-state index is 10.00. The number of phenolic OH excluding ortho intramolecular Hbond substituents is 1. The molecule has 100 valence electrons. The molecule has 0 fully saturated rings. The number of phenols is 1. The van der Waals surface area contributed by atoms with Crippen LogP contribution in [0.15, 0.2) is 66.9 Å². The molecule has 2 aromatic heterocycles. The van der Waals surface area contributed by atoms with Gasteiger partial charge in [0, 0.05) is 22.5 Å². The van der Waals surface area contributed by atoms with Gasteiger partial charge in [-0.15, -0.1) is 0 Å². The number of nitrogens with zero attached hydrogens (tertiary/aromatic N) is 2. The van der Waals surface area contributed by atoms with Crippen LogP contribution in [0.3, 0.4) is 0 Å². The summed E-state index contributed by atoms with van der Waals surface area (Å²) in [6.07, 6.45) is 1.78. The van der Waals surface area contributed by atoms with E-state index >= 15 is 0 Å². The monoisotopic (exact) mass is 272 g/mol. The Morgan fingerprint density at radius 2 is 1.67 bits per heavy atom. The van der Waals surface area contributed by atoms with E-state index in [2.05, 4.69) is 4.98 Å². The van der Waals surface area contributed by atoms with Gasteiger partial charge in [-0.3, -0.25) is 4.98 Å². The Hall–Kier alpha value is -2.94. The van der Waals surface area contributed by atoms with E-state index in [0.29, 0.717) is 0 Å². The number of benzene rings is 2. The van der Waals surface area contributed by atoms with Gasteiger partial charge >= 0.3 is 0 Å². The first kappa shape index (κ1) is 11.9. The summed E-state index contributed by atoms with van der Waals surface area (Å²) < 4.78 is 0. The normalized spacial score (nSPS) is 11.0. The smallest absolute Gasteiger partial charge is 0.124 e. The number of aromatic hydroxyl groups is 1. The van der Waals surface area contributed by atoms with Crippen molar-refractivity contribution >= 4 is 21.8 Å². The minimum Gasteiger partial charge on any atom is -0.507 e. The lowest BCUT2D eigenvalue weighted by atomic mass is 10.1. The number of hydrogen-bond donors (Lipinski definition) is 1. The summed E-state index contributed by atoms with van der Waals surface area (Å²) in [6.45, 7) is 0. The first-order valence-corrected chi connectivity index (χ1v) is 6.76. The number of pyridine rings is 2. The average Bonchev–Trinajstić information content (AvgIpc) is 2.55. The Morgan fingerprint density at radius 3 is 2.57 bits per heavy atom. The van der Waals surface area contributed by atoms with Crippen LogP contribution in [0.4, 0.5) is 0 Å². The van der Waals surface area contributed by atoms with Crippen LogP contribution in [0.2, 0.25) is 0 Å². The van der Waals surface area contributed by atoms with Gasteiger partial charge in [0.05, 0.1) is 16.7 Å². The third-order valence-electron chi connectivity index (χ3n) is 3.62. The highest BCUT2D eigenvalue weighted by Gasteiger charge is 2.08. The fourth-order valence-corrected chi connectivity index (χ4v) is 2.58. The van der Waals surface area contributed by atoms with E-state index in [1.165, 1.54) is 0 Å². The van der Waals surface area contributed by atoms with E-state index in [-0.39, 0.29) is 5.75 Å². The zero-order valence-electron chi connectivity index (χ0n) is 11.2. The standard InChI is InChI=1S/C18H12N2O/c21-17-6-2-1-4-13(17)16-10-8-12-7-9-15-14(18(12)20-16)5-3-11-19-15/h1-11,21H. The number of hydrogen-bond acceptors (Lipinski definition) is 3. The topological polar surface area (TPSA) is 46.0 Å². The fraction of sp³-hybridized carbons (Fsp3) is 0. The van der Waals surface area contributed by atoms with E-state index in [1.54, 1.807) is 18.3 Å². The molecular weight excluding hydrogens is 260 g/mol. The van der Waals surface area contributed by atoms with Crippen molar-refractivity contribution in [3.05, 3.63) is 66.9 Å². The summed E-state index contributed by atoms with van der Waals surface area (Å²) in [6, 6.07) is 19.1. The van der Waals surface area contributed by atoms with Gasteiger partial charge in [-0.2, -0.15) is 0 Å². The molecule has 0 atom stereocenters. The minimum absolute atomic E-state index is 0.239. The second-order valence-corrected chi connectivity index (χ2v) is 4.92. The van der Waals surface area contributed by atoms with Crippen LogP contribution >= 0.6 is 0 Å². The van der Waals surface area contributed by atoms with Crippen molar-refractivity contribution in [1.29, 1.82) is 0 Å². The molecule has 0 spiro atoms. The van der Waals surface area contributed by atoms with Gasteiger partial charge < -0.3 is 5.11 Å². The van der Waals surface area contributed by atoms with Crippen LogP contribution in [0.5, 0.6) is 5.75 Å². The Kier molecular flexibility index (Phi) is 2.57. The maximum absolute atomic E-state index is 10.00. The number of fused-ring (bicyclic) bond motifs is 3. The van der Waals surface area contributed by atoms with Crippen molar-refractivity contribution in [2.45, 2.75) is 0 Å². The van der Waals surface area contributed by atoms with Gasteiger partial charge in [-0.25, -0.2) is 4.98 Å². The highest BCUT2D eigenvalue weighted by atomic mass is 16.3. The fourth-order valence-electron chi connectivity index (χ4n) is 2.58. The van der Waals surface area contributed by atoms with Crippen molar-refractivity contribution < 1.29 is 5.11 Å². The quantitative estimate of drug-likeness (QED) is 0.529. The van der Waals surface area contributed by atoms with Crippen molar-refractivity contribution in [3.63, 3.8) is 0 Å². The summed E-state index contributed by atoms with van der Waals surface area (Å²) in [4.78, 5) is 9.10. The molecule has 0 aliphatic carbocycles. The summed E-state index contributed by atoms with van der Waals surface area (Å²) in [5.41, 5.74) is 3.32. The predicted molar refractivity (Wildman–Crippen MR) is 84.1 cm³/mol. The molecule has 0 unspecified atom stereocenters. The third kappa shape index (κ3) is 1.91. The van der Waals surface area contributed by atoms with Crippen molar-refractivity contribution in [1.82, 2.24) is 9.97 Å². The van der Waals surface area contributed by atoms with Crippen LogP contribution in [0.1, 0.15) is 0 Å². The molecule has 3 heteroatoms. The molecule has 2 aromatic carbocycles. The van der Waals surface area contributed by atoms with Gasteiger partial charge in [0.25, 0.3) is 0 Å². The zero-order valence-corrected chi connectivity index (χ0v) is 11.2. The first-order valence-electron chi connectivity index (χ1n) is 6.76. The van der Waals surface area contributed by atoms with E-state index in [4.69, 9.17) is 4.98 Å². The molecule has 3 nitrogen and oxygen atoms in total. The van der Waals surface area contributed by atoms with Gasteiger partial charge in [0.1, 0.15) is 5.75 Å². The molecule has 1 N–H and O–H groups in total. The van der Waals surface area contributed by atoms with Gasteiger partial charge in [0.2, 0.25) is 0 Å². The second kappa shape index (κ2) is 4.56. The molecule has 0 radical (unpaired) electrons. The second-order valence-electron chi connectivity index (χ2n) is 4.92. The lowest BCUT2D eigenvalue weighted by molar-refractivity contribution is 0.477. The van der Waals surface area contributed by atoms with E-state index in [1.807, 2.05) is 48.5 Å². The summed E-state index contributed by atoms with van der Waals surface area (Å²) in [5.74, 6) is 0.239. The van der Waals surface area contributed by atoms with Gasteiger partial charge in [-0.1, -0.05) is 24.3 Å². The van der Waals surface area contributed by atoms with Crippen LogP contribution in [-0.4, -0.2) is 15.1 Å². The largest absolute Gasteiger partial charge is 0.507 e. The summed E-state index contributed by atoms with van der Waals surface area (Å²) in [7, 11) is 0. The SMILES string of the molecule is Oc1ccccc1-c1ccc2ccc3ncccc3c2n1. The van der Waals surface area contributed by atoms with E-state index < -0.39 is 0 Å². The molecule has 0 saturated heterocycles. The van der Waals surface area contributed by atoms with Gasteiger partial charge in [-0.05, 0) is 36.4 Å². The van der Waals surface area contributed by atoms with Crippen molar-refractivity contribution in [2.24, 2.45) is 0 Å². The van der Waals surface area contributed by atoms with Crippen molar-refractivity contribution in [2.75, 3.05) is 0 Å². The van der Waals surface area contributed by atoms with Crippen LogP contribution in [0.25, 0.3) is 33.1 Å². The molecule has 0 amide bonds. The molecule has 4 aromatic rings. The van der Waals surface area contributed by atoms with Crippen molar-refractivity contribution in [3.8, 4) is 17.0 Å². The number of rotatable bonds is 1. The predicted octanol–water partition coefficient (Wildman–Crippen LogP) is 4.16. The average molecular weight is 272 g/mol. The van der Waals surface area contributed by atoms with Crippen LogP contribution < -0.4 is 0 Å². The lowest BCUT2D eigenvalue weighted by Gasteiger charge is -2.07. The molecular formula is C18H12N2O. The van der Waals surface area contributed by atoms with Gasteiger partial charge in [0.15, 0.2) is 0 Å². The molecule has 0 bridgehead atoms. The summed E-state index contributed by atoms with van der Waals surface area (Å²) in [5, 5.41) is 12.1. The molecule has 0 saturated carbocycles. The highest BCUT2D eigenvalue weighted by molar-refractivity contribution is 6.04. The Morgan fingerprint density at radius 1 is 0.810 bits per heavy atom. The first-order chi connectivity index (χ1) is 10.3. The molecule has 0 aliphatic rings.